The Morgan fingerprint density at radius 3 is 0.853 bits per heavy atom. The van der Waals surface area contributed by atoms with E-state index >= 15 is 0 Å². The van der Waals surface area contributed by atoms with E-state index in [1.54, 1.807) is 22.3 Å². The molecule has 2 aromatic carbocycles. The normalized spacial score (nSPS) is 25.0. The summed E-state index contributed by atoms with van der Waals surface area (Å²) in [5.41, 5.74) is 9.18. The van der Waals surface area contributed by atoms with E-state index in [9.17, 15) is 0 Å². The van der Waals surface area contributed by atoms with Crippen molar-refractivity contribution in [3.8, 4) is 0 Å². The van der Waals surface area contributed by atoms with Crippen LogP contribution in [0.3, 0.4) is 0 Å². The molecule has 0 heterocycles. The fraction of sp³-hybridized carbons (Fsp3) is 0.784. The first-order valence-electron chi connectivity index (χ1n) is 34.2. The van der Waals surface area contributed by atoms with Crippen LogP contribution < -0.4 is 0 Å². The number of hydrogen-bond donors (Lipinski definition) is 0. The van der Waals surface area contributed by atoms with Gasteiger partial charge >= 0.3 is 0 Å². The molecule has 0 atom stereocenters. The molecule has 75 heavy (non-hydrogen) atoms. The summed E-state index contributed by atoms with van der Waals surface area (Å²) in [5.74, 6) is 7.07. The molecule has 0 aromatic heterocycles. The third kappa shape index (κ3) is 24.4. The highest BCUT2D eigenvalue weighted by atomic mass is 16.5. The zero-order valence-corrected chi connectivity index (χ0v) is 50.3. The van der Waals surface area contributed by atoms with Crippen LogP contribution in [-0.4, -0.2) is 13.2 Å². The average Bonchev–Trinajstić information content (AvgIpc) is 3.45. The van der Waals surface area contributed by atoms with Gasteiger partial charge in [-0.25, -0.2) is 0 Å². The Kier molecular flexibility index (Phi) is 31.8. The number of allylic oxidation sites excluding steroid dienone is 2. The molecule has 424 valence electrons. The minimum Gasteiger partial charge on any atom is -0.373 e. The van der Waals surface area contributed by atoms with Crippen molar-refractivity contribution in [2.24, 2.45) is 47.3 Å². The van der Waals surface area contributed by atoms with Gasteiger partial charge in [-0.15, -0.1) is 0 Å². The van der Waals surface area contributed by atoms with Crippen molar-refractivity contribution in [2.45, 2.75) is 310 Å². The van der Waals surface area contributed by atoms with Gasteiger partial charge in [0.25, 0.3) is 0 Å². The van der Waals surface area contributed by atoms with Gasteiger partial charge in [-0.2, -0.15) is 0 Å². The summed E-state index contributed by atoms with van der Waals surface area (Å²) in [4.78, 5) is 0. The molecule has 2 aromatic rings. The van der Waals surface area contributed by atoms with Crippen LogP contribution in [0.4, 0.5) is 0 Å². The molecule has 0 spiro atoms. The highest BCUT2D eigenvalue weighted by Gasteiger charge is 2.27. The molecule has 0 saturated heterocycles. The Bertz CT molecular complexity index is 1600. The Labute approximate surface area is 467 Å². The van der Waals surface area contributed by atoms with Crippen molar-refractivity contribution in [2.75, 3.05) is 13.2 Å². The molecule has 6 rings (SSSR count). The van der Waals surface area contributed by atoms with Crippen LogP contribution in [0.1, 0.15) is 320 Å². The van der Waals surface area contributed by atoms with Crippen LogP contribution in [0.5, 0.6) is 0 Å². The lowest BCUT2D eigenvalue weighted by molar-refractivity contribution is 0.193. The largest absolute Gasteiger partial charge is 0.373 e. The van der Waals surface area contributed by atoms with E-state index in [0.29, 0.717) is 25.0 Å². The van der Waals surface area contributed by atoms with E-state index in [4.69, 9.17) is 4.74 Å². The monoisotopic (exact) mass is 1030 g/mol. The molecule has 0 N–H and O–H groups in total. The molecule has 0 aliphatic heterocycles. The molecule has 4 aliphatic rings. The van der Waals surface area contributed by atoms with E-state index in [-0.39, 0.29) is 0 Å². The smallest absolute Gasteiger partial charge is 0.0657 e. The van der Waals surface area contributed by atoms with Crippen molar-refractivity contribution in [1.29, 1.82) is 0 Å². The Hall–Kier alpha value is -2.12. The van der Waals surface area contributed by atoms with E-state index in [1.165, 1.54) is 294 Å². The maximum absolute atomic E-state index is 6.73. The predicted octanol–water partition coefficient (Wildman–Crippen LogP) is 23.7. The lowest BCUT2D eigenvalue weighted by Crippen LogP contribution is -2.17. The first-order valence-corrected chi connectivity index (χ1v) is 34.2. The van der Waals surface area contributed by atoms with Crippen molar-refractivity contribution >= 4 is 11.1 Å². The van der Waals surface area contributed by atoms with Crippen molar-refractivity contribution < 1.29 is 4.74 Å². The van der Waals surface area contributed by atoms with Crippen LogP contribution in [-0.2, 0) is 17.6 Å². The molecule has 4 aliphatic carbocycles. The van der Waals surface area contributed by atoms with Gasteiger partial charge in [0.2, 0.25) is 0 Å². The Morgan fingerprint density at radius 1 is 0.320 bits per heavy atom. The summed E-state index contributed by atoms with van der Waals surface area (Å²) in [6.07, 6.45) is 67.4. The maximum atomic E-state index is 6.73. The molecule has 0 unspecified atom stereocenters. The van der Waals surface area contributed by atoms with Crippen LogP contribution in [0.25, 0.3) is 11.1 Å². The Balaban J connectivity index is 1.05. The summed E-state index contributed by atoms with van der Waals surface area (Å²) in [6.45, 7) is 10.8. The topological polar surface area (TPSA) is 9.23 Å². The number of rotatable bonds is 38. The third-order valence-corrected chi connectivity index (χ3v) is 20.5. The summed E-state index contributed by atoms with van der Waals surface area (Å²) in [5, 5.41) is 0. The summed E-state index contributed by atoms with van der Waals surface area (Å²) in [6, 6.07) is 20.0. The zero-order valence-electron chi connectivity index (χ0n) is 50.3. The summed E-state index contributed by atoms with van der Waals surface area (Å²) >= 11 is 0. The second-order valence-corrected chi connectivity index (χ2v) is 26.3. The number of benzene rings is 2. The van der Waals surface area contributed by atoms with Gasteiger partial charge < -0.3 is 4.74 Å². The summed E-state index contributed by atoms with van der Waals surface area (Å²) in [7, 11) is 0. The molecule has 4 saturated carbocycles. The number of unbranched alkanes of at least 4 members (excludes halogenated alkanes) is 16. The third-order valence-electron chi connectivity index (χ3n) is 20.5. The van der Waals surface area contributed by atoms with E-state index < -0.39 is 0 Å². The molecule has 4 fully saturated rings. The lowest BCUT2D eigenvalue weighted by atomic mass is 9.75. The summed E-state index contributed by atoms with van der Waals surface area (Å²) < 4.78 is 6.73. The molecule has 1 nitrogen and oxygen atoms in total. The predicted molar refractivity (Wildman–Crippen MR) is 332 cm³/mol. The molecule has 0 radical (unpaired) electrons. The molecule has 0 amide bonds. The van der Waals surface area contributed by atoms with Crippen molar-refractivity contribution in [1.82, 2.24) is 0 Å². The van der Waals surface area contributed by atoms with Crippen LogP contribution in [0, 0.1) is 47.3 Å². The van der Waals surface area contributed by atoms with E-state index in [1.807, 2.05) is 0 Å². The van der Waals surface area contributed by atoms with Gasteiger partial charge in [0.1, 0.15) is 0 Å². The zero-order chi connectivity index (χ0) is 52.4. The van der Waals surface area contributed by atoms with Crippen molar-refractivity contribution in [3.05, 3.63) is 82.9 Å². The molecule has 0 bridgehead atoms. The minimum absolute atomic E-state index is 0.657. The standard InChI is InChI=1S/C74H122O/c1-5-9-13-17-21-25-61-29-33-65(34-30-61)37-39-67-45-53-71(54-46-67)73(69-49-41-63(42-50-69)27-23-19-15-11-7-3)57-59-75-60-58-74(70-51-43-64(44-52-70)28-24-20-16-12-8-4)72-55-47-68(48-56-72)40-38-66-35-31-62(32-36-66)26-22-18-14-10-6-2/h45-48,53-58,61-66,69-70H,5-44,49-52,59-60H2,1-4H3/t61-,62-,63-,64-,65-,66-,69-,70-. The van der Waals surface area contributed by atoms with Gasteiger partial charge in [0.15, 0.2) is 0 Å². The number of hydrogen-bond acceptors (Lipinski definition) is 1. The quantitative estimate of drug-likeness (QED) is 0.0609. The highest BCUT2D eigenvalue weighted by molar-refractivity contribution is 5.69. The fourth-order valence-corrected chi connectivity index (χ4v) is 15.2. The fourth-order valence-electron chi connectivity index (χ4n) is 15.2. The van der Waals surface area contributed by atoms with Crippen LogP contribution in [0.2, 0.25) is 0 Å². The lowest BCUT2D eigenvalue weighted by Gasteiger charge is -2.31. The van der Waals surface area contributed by atoms with E-state index in [2.05, 4.69) is 88.4 Å². The first kappa shape index (κ1) is 62.1. The Morgan fingerprint density at radius 2 is 0.573 bits per heavy atom. The van der Waals surface area contributed by atoms with Gasteiger partial charge in [-0.05, 0) is 158 Å². The average molecular weight is 1030 g/mol. The second kappa shape index (κ2) is 38.5. The van der Waals surface area contributed by atoms with Crippen LogP contribution in [0.15, 0.2) is 60.7 Å². The van der Waals surface area contributed by atoms with Gasteiger partial charge in [0.05, 0.1) is 13.2 Å². The maximum Gasteiger partial charge on any atom is 0.0657 e. The second-order valence-electron chi connectivity index (χ2n) is 26.3. The van der Waals surface area contributed by atoms with Crippen LogP contribution >= 0.6 is 0 Å². The highest BCUT2D eigenvalue weighted by Crippen LogP contribution is 2.42. The van der Waals surface area contributed by atoms with Gasteiger partial charge in [0, 0.05) is 0 Å². The molecular weight excluding hydrogens is 905 g/mol. The SMILES string of the molecule is CCCCCCC[C@H]1CC[C@H](CCc2ccc(C(=CCOCC=C(c3ccc(CC[C@H]4CC[C@H](CCCCCCC)CC4)cc3)[C@H]3CC[C@H](CCCCCCC)CC3)[C@H]3CC[C@H](CCCCCCC)CC3)cc2)CC1. The van der Waals surface area contributed by atoms with Gasteiger partial charge in [-0.3, -0.25) is 0 Å². The van der Waals surface area contributed by atoms with E-state index in [0.717, 1.165) is 35.5 Å². The first-order chi connectivity index (χ1) is 37.0. The minimum atomic E-state index is 0.657. The number of ether oxygens (including phenoxy) is 1. The molecule has 1 heteroatoms. The number of aryl methyl sites for hydroxylation is 2. The van der Waals surface area contributed by atoms with Crippen molar-refractivity contribution in [3.63, 3.8) is 0 Å². The molecular formula is C74H122O. The van der Waals surface area contributed by atoms with Gasteiger partial charge in [-0.1, -0.05) is 294 Å².